The molecule has 4 nitrogen and oxygen atoms in total. The summed E-state index contributed by atoms with van der Waals surface area (Å²) >= 11 is 0. The van der Waals surface area contributed by atoms with Crippen LogP contribution in [0.5, 0.6) is 0 Å². The van der Waals surface area contributed by atoms with Crippen LogP contribution >= 0.6 is 0 Å². The average Bonchev–Trinajstić information content (AvgIpc) is 3.57. The van der Waals surface area contributed by atoms with E-state index in [0.717, 1.165) is 72.8 Å². The number of aryl methyl sites for hydroxylation is 3. The van der Waals surface area contributed by atoms with Crippen molar-refractivity contribution in [3.8, 4) is 67.3 Å². The monoisotopic (exact) mass is 888 g/mol. The van der Waals surface area contributed by atoms with Crippen LogP contribution in [0.4, 0.5) is 0 Å². The van der Waals surface area contributed by atoms with E-state index in [4.69, 9.17) is 4.42 Å². The molecule has 0 atom stereocenters. The average molecular weight is 888 g/mol. The van der Waals surface area contributed by atoms with Crippen LogP contribution in [-0.4, -0.2) is 15.0 Å². The van der Waals surface area contributed by atoms with Crippen molar-refractivity contribution in [1.82, 2.24) is 15.0 Å². The third-order valence-electron chi connectivity index (χ3n) is 9.48. The normalized spacial score (nSPS) is 10.7. The number of hydrogen-bond acceptors (Lipinski definition) is 4. The summed E-state index contributed by atoms with van der Waals surface area (Å²) in [6, 6.07) is 58.4. The second kappa shape index (κ2) is 16.8. The Morgan fingerprint density at radius 1 is 0.491 bits per heavy atom. The van der Waals surface area contributed by atoms with Gasteiger partial charge in [0.05, 0.1) is 0 Å². The van der Waals surface area contributed by atoms with Crippen LogP contribution < -0.4 is 0 Å². The molecule has 9 rings (SSSR count). The van der Waals surface area contributed by atoms with Gasteiger partial charge >= 0.3 is 0 Å². The summed E-state index contributed by atoms with van der Waals surface area (Å²) in [6.07, 6.45) is 5.46. The van der Waals surface area contributed by atoms with E-state index in [0.29, 0.717) is 0 Å². The summed E-state index contributed by atoms with van der Waals surface area (Å²) in [5.41, 5.74) is 16.0. The number of rotatable bonds is 6. The van der Waals surface area contributed by atoms with E-state index in [2.05, 4.69) is 127 Å². The van der Waals surface area contributed by atoms with E-state index in [1.165, 1.54) is 22.3 Å². The fraction of sp³-hybridized carbons (Fsp3) is 0.0600. The molecule has 4 heterocycles. The molecule has 1 radical (unpaired) electrons. The van der Waals surface area contributed by atoms with E-state index in [-0.39, 0.29) is 20.1 Å². The fourth-order valence-electron chi connectivity index (χ4n) is 6.76. The summed E-state index contributed by atoms with van der Waals surface area (Å²) in [5, 5.41) is 1.09. The number of pyridine rings is 3. The minimum absolute atomic E-state index is 0. The largest absolute Gasteiger partial charge is 0.454 e. The quantitative estimate of drug-likeness (QED) is 0.156. The molecule has 0 spiro atoms. The van der Waals surface area contributed by atoms with Gasteiger partial charge in [0.15, 0.2) is 5.76 Å². The van der Waals surface area contributed by atoms with Crippen molar-refractivity contribution in [3.63, 3.8) is 0 Å². The molecule has 0 aliphatic rings. The maximum Gasteiger partial charge on any atom is 0.156 e. The number of aromatic nitrogens is 3. The molecule has 0 aliphatic heterocycles. The van der Waals surface area contributed by atoms with Gasteiger partial charge in [-0.3, -0.25) is 4.98 Å². The second-order valence-corrected chi connectivity index (χ2v) is 13.3. The first-order valence-corrected chi connectivity index (χ1v) is 18.0. The summed E-state index contributed by atoms with van der Waals surface area (Å²) < 4.78 is 6.23. The molecular formula is C50H37IrN3O-2. The van der Waals surface area contributed by atoms with E-state index in [1.54, 1.807) is 6.20 Å². The number of nitrogens with zero attached hydrogens (tertiary/aromatic N) is 3. The molecule has 0 N–H and O–H groups in total. The Labute approximate surface area is 336 Å². The topological polar surface area (TPSA) is 51.8 Å². The molecule has 55 heavy (non-hydrogen) atoms. The van der Waals surface area contributed by atoms with E-state index < -0.39 is 0 Å². The summed E-state index contributed by atoms with van der Waals surface area (Å²) in [4.78, 5) is 13.5. The Morgan fingerprint density at radius 2 is 1.20 bits per heavy atom. The summed E-state index contributed by atoms with van der Waals surface area (Å²) in [5.74, 6) is 0.813. The zero-order valence-electron chi connectivity index (χ0n) is 30.7. The maximum absolute atomic E-state index is 6.23. The van der Waals surface area contributed by atoms with Gasteiger partial charge in [-0.25, -0.2) is 0 Å². The van der Waals surface area contributed by atoms with Crippen LogP contribution in [0.15, 0.2) is 175 Å². The van der Waals surface area contributed by atoms with Crippen molar-refractivity contribution in [2.45, 2.75) is 20.8 Å². The zero-order valence-corrected chi connectivity index (χ0v) is 33.1. The molecule has 5 aromatic carbocycles. The minimum atomic E-state index is 0. The van der Waals surface area contributed by atoms with Gasteiger partial charge in [0.25, 0.3) is 0 Å². The van der Waals surface area contributed by atoms with Gasteiger partial charge in [-0.2, -0.15) is 0 Å². The number of benzene rings is 5. The van der Waals surface area contributed by atoms with Crippen molar-refractivity contribution in [3.05, 3.63) is 199 Å². The van der Waals surface area contributed by atoms with Gasteiger partial charge in [0, 0.05) is 49.6 Å². The molecule has 0 unspecified atom stereocenters. The molecule has 0 saturated heterocycles. The molecule has 0 amide bonds. The molecule has 0 bridgehead atoms. The fourth-order valence-corrected chi connectivity index (χ4v) is 6.76. The van der Waals surface area contributed by atoms with Gasteiger partial charge in [-0.15, -0.1) is 53.6 Å². The van der Waals surface area contributed by atoms with Crippen molar-refractivity contribution in [2.24, 2.45) is 0 Å². The van der Waals surface area contributed by atoms with Crippen molar-refractivity contribution >= 4 is 11.0 Å². The molecule has 4 aromatic heterocycles. The standard InChI is InChI=1S/C33H25N2O.C17H12N.Ir/c1-21-7-6-8-24(17-21)27-12-10-26(31-18-22(2)14-16-35-31)20-29(27)25-11-13-32-28(19-25)23(3)33(36-32)30-9-4-5-15-34-30;1-2-8-14(9-3-1)15-10-4-5-11-16(15)17-12-6-7-13-18-17;/h4-9,11-20H,1-3H3;1-10,12-13H;/q2*-1;. The third kappa shape index (κ3) is 8.14. The Balaban J connectivity index is 0.000000206. The van der Waals surface area contributed by atoms with Gasteiger partial charge in [-0.05, 0) is 74.1 Å². The zero-order chi connectivity index (χ0) is 36.9. The van der Waals surface area contributed by atoms with Crippen molar-refractivity contribution in [2.75, 3.05) is 0 Å². The molecule has 0 aliphatic carbocycles. The first-order valence-electron chi connectivity index (χ1n) is 18.0. The minimum Gasteiger partial charge on any atom is -0.454 e. The summed E-state index contributed by atoms with van der Waals surface area (Å²) in [6.45, 7) is 6.31. The van der Waals surface area contributed by atoms with Crippen LogP contribution in [0.2, 0.25) is 0 Å². The van der Waals surface area contributed by atoms with Gasteiger partial charge in [0.2, 0.25) is 0 Å². The molecule has 0 saturated carbocycles. The second-order valence-electron chi connectivity index (χ2n) is 13.3. The Bertz CT molecular complexity index is 2630. The van der Waals surface area contributed by atoms with Crippen LogP contribution in [0.25, 0.3) is 78.3 Å². The van der Waals surface area contributed by atoms with E-state index >= 15 is 0 Å². The van der Waals surface area contributed by atoms with Crippen molar-refractivity contribution < 1.29 is 24.5 Å². The number of furan rings is 1. The first-order chi connectivity index (χ1) is 26.5. The molecule has 0 fully saturated rings. The maximum atomic E-state index is 6.23. The molecule has 5 heteroatoms. The predicted octanol–water partition coefficient (Wildman–Crippen LogP) is 12.8. The molecule has 269 valence electrons. The molecular weight excluding hydrogens is 851 g/mol. The Morgan fingerprint density at radius 3 is 1.95 bits per heavy atom. The smallest absolute Gasteiger partial charge is 0.156 e. The van der Waals surface area contributed by atoms with Gasteiger partial charge in [-0.1, -0.05) is 124 Å². The van der Waals surface area contributed by atoms with Crippen LogP contribution in [-0.2, 0) is 20.1 Å². The van der Waals surface area contributed by atoms with Crippen LogP contribution in [0, 0.1) is 32.9 Å². The third-order valence-corrected chi connectivity index (χ3v) is 9.48. The predicted molar refractivity (Wildman–Crippen MR) is 221 cm³/mol. The Hall–Kier alpha value is -6.26. The van der Waals surface area contributed by atoms with Crippen molar-refractivity contribution in [1.29, 1.82) is 0 Å². The molecule has 9 aromatic rings. The first kappa shape index (κ1) is 37.1. The van der Waals surface area contributed by atoms with E-state index in [1.807, 2.05) is 85.2 Å². The Kier molecular flexibility index (Phi) is 11.3. The van der Waals surface area contributed by atoms with E-state index in [9.17, 15) is 0 Å². The number of fused-ring (bicyclic) bond motifs is 1. The van der Waals surface area contributed by atoms with Gasteiger partial charge in [0.1, 0.15) is 11.3 Å². The number of hydrogen-bond donors (Lipinski definition) is 0. The van der Waals surface area contributed by atoms with Crippen LogP contribution in [0.1, 0.15) is 16.7 Å². The van der Waals surface area contributed by atoms with Gasteiger partial charge < -0.3 is 14.4 Å². The SMILES string of the molecule is Cc1cccc(-c2c[c-]c(-c3cc(C)ccn3)cc2-c2ccc3oc(-c4ccccn4)c(C)c3c2)c1.[Ir].[c-]1cccc(-c2ccccc2)c1-c1ccccn1. The van der Waals surface area contributed by atoms with Crippen LogP contribution in [0.3, 0.4) is 0 Å². The summed E-state index contributed by atoms with van der Waals surface area (Å²) in [7, 11) is 0.